The Kier molecular flexibility index (Phi) is 3.94. The molecular formula is C16H10N2O4S. The van der Waals surface area contributed by atoms with Crippen molar-refractivity contribution in [3.05, 3.63) is 75.2 Å². The molecule has 1 heterocycles. The van der Waals surface area contributed by atoms with Crippen molar-refractivity contribution in [1.29, 1.82) is 0 Å². The number of benzene rings is 2. The molecule has 0 spiro atoms. The molecule has 6 nitrogen and oxygen atoms in total. The molecule has 2 aromatic rings. The number of para-hydroxylation sites is 1. The maximum Gasteiger partial charge on any atom is 0.298 e. The van der Waals surface area contributed by atoms with Gasteiger partial charge in [-0.25, -0.2) is 4.90 Å². The Hall–Kier alpha value is -2.93. The minimum atomic E-state index is -0.493. The fourth-order valence-electron chi connectivity index (χ4n) is 2.11. The maximum atomic E-state index is 12.4. The minimum absolute atomic E-state index is 0.0282. The summed E-state index contributed by atoms with van der Waals surface area (Å²) in [4.78, 5) is 36.0. The monoisotopic (exact) mass is 326 g/mol. The Morgan fingerprint density at radius 3 is 2.26 bits per heavy atom. The molecule has 1 aliphatic heterocycles. The highest BCUT2D eigenvalue weighted by Crippen LogP contribution is 2.35. The first-order valence-electron chi connectivity index (χ1n) is 6.64. The van der Waals surface area contributed by atoms with E-state index in [2.05, 4.69) is 0 Å². The summed E-state index contributed by atoms with van der Waals surface area (Å²) in [7, 11) is 0. The lowest BCUT2D eigenvalue weighted by atomic mass is 10.2. The molecule has 1 fully saturated rings. The van der Waals surface area contributed by atoms with E-state index in [9.17, 15) is 19.7 Å². The van der Waals surface area contributed by atoms with Crippen LogP contribution in [0.15, 0.2) is 59.5 Å². The lowest BCUT2D eigenvalue weighted by molar-refractivity contribution is -0.384. The van der Waals surface area contributed by atoms with Gasteiger partial charge in [-0.1, -0.05) is 18.2 Å². The first-order valence-corrected chi connectivity index (χ1v) is 7.45. The molecule has 0 radical (unpaired) electrons. The molecule has 0 N–H and O–H groups in total. The van der Waals surface area contributed by atoms with Gasteiger partial charge >= 0.3 is 0 Å². The number of carbonyl (C=O) groups excluding carboxylic acids is 2. The van der Waals surface area contributed by atoms with Crippen molar-refractivity contribution in [2.45, 2.75) is 0 Å². The van der Waals surface area contributed by atoms with Gasteiger partial charge < -0.3 is 0 Å². The molecule has 0 bridgehead atoms. The average molecular weight is 326 g/mol. The van der Waals surface area contributed by atoms with Gasteiger partial charge in [-0.05, 0) is 47.7 Å². The fourth-order valence-corrected chi connectivity index (χ4v) is 2.95. The summed E-state index contributed by atoms with van der Waals surface area (Å²) in [6, 6.07) is 14.5. The molecule has 7 heteroatoms. The van der Waals surface area contributed by atoms with Crippen LogP contribution in [0.5, 0.6) is 0 Å². The lowest BCUT2D eigenvalue weighted by Crippen LogP contribution is -2.27. The fraction of sp³-hybridized carbons (Fsp3) is 0. The van der Waals surface area contributed by atoms with Crippen molar-refractivity contribution >= 4 is 40.4 Å². The number of nitro benzene ring substituents is 1. The largest absolute Gasteiger partial charge is 0.298 e. The number of hydrogen-bond donors (Lipinski definition) is 0. The van der Waals surface area contributed by atoms with E-state index in [0.717, 1.165) is 16.7 Å². The van der Waals surface area contributed by atoms with E-state index in [1.165, 1.54) is 24.3 Å². The zero-order valence-electron chi connectivity index (χ0n) is 11.7. The number of anilines is 1. The van der Waals surface area contributed by atoms with E-state index < -0.39 is 10.8 Å². The Morgan fingerprint density at radius 1 is 1.00 bits per heavy atom. The third-order valence-corrected chi connectivity index (χ3v) is 4.08. The smallest absolute Gasteiger partial charge is 0.268 e. The van der Waals surface area contributed by atoms with Gasteiger partial charge in [-0.3, -0.25) is 19.7 Å². The van der Waals surface area contributed by atoms with Gasteiger partial charge in [0.2, 0.25) is 0 Å². The molecule has 0 aromatic heterocycles. The van der Waals surface area contributed by atoms with Crippen LogP contribution in [0.4, 0.5) is 16.2 Å². The van der Waals surface area contributed by atoms with Crippen molar-refractivity contribution in [3.63, 3.8) is 0 Å². The number of nitro groups is 1. The molecule has 114 valence electrons. The highest BCUT2D eigenvalue weighted by Gasteiger charge is 2.36. The maximum absolute atomic E-state index is 12.4. The Balaban J connectivity index is 1.88. The van der Waals surface area contributed by atoms with Crippen LogP contribution in [0.3, 0.4) is 0 Å². The summed E-state index contributed by atoms with van der Waals surface area (Å²) in [5, 5.41) is 10.3. The van der Waals surface area contributed by atoms with Crippen LogP contribution in [0, 0.1) is 10.1 Å². The van der Waals surface area contributed by atoms with Crippen molar-refractivity contribution in [2.24, 2.45) is 0 Å². The van der Waals surface area contributed by atoms with Crippen LogP contribution in [0.1, 0.15) is 5.56 Å². The topological polar surface area (TPSA) is 80.5 Å². The summed E-state index contributed by atoms with van der Waals surface area (Å²) in [5.74, 6) is -0.399. The van der Waals surface area contributed by atoms with Crippen molar-refractivity contribution in [1.82, 2.24) is 0 Å². The Bertz CT molecular complexity index is 816. The average Bonchev–Trinajstić information content (AvgIpc) is 2.82. The van der Waals surface area contributed by atoms with E-state index in [-0.39, 0.29) is 15.8 Å². The van der Waals surface area contributed by atoms with Crippen molar-refractivity contribution in [3.8, 4) is 0 Å². The molecule has 23 heavy (non-hydrogen) atoms. The zero-order valence-corrected chi connectivity index (χ0v) is 12.5. The van der Waals surface area contributed by atoms with Crippen molar-refractivity contribution < 1.29 is 14.5 Å². The summed E-state index contributed by atoms with van der Waals surface area (Å²) < 4.78 is 0. The van der Waals surface area contributed by atoms with Crippen molar-refractivity contribution in [2.75, 3.05) is 4.90 Å². The van der Waals surface area contributed by atoms with Crippen LogP contribution < -0.4 is 4.90 Å². The second kappa shape index (κ2) is 6.05. The van der Waals surface area contributed by atoms with Crippen LogP contribution in [-0.4, -0.2) is 16.1 Å². The van der Waals surface area contributed by atoms with Crippen LogP contribution in [0.2, 0.25) is 0 Å². The first-order chi connectivity index (χ1) is 11.1. The highest BCUT2D eigenvalue weighted by atomic mass is 32.2. The molecule has 3 rings (SSSR count). The first kappa shape index (κ1) is 15.0. The lowest BCUT2D eigenvalue weighted by Gasteiger charge is -2.11. The third kappa shape index (κ3) is 3.00. The second-order valence-corrected chi connectivity index (χ2v) is 5.69. The Morgan fingerprint density at radius 2 is 1.65 bits per heavy atom. The second-order valence-electron chi connectivity index (χ2n) is 4.70. The summed E-state index contributed by atoms with van der Waals surface area (Å²) in [6.45, 7) is 0. The zero-order chi connectivity index (χ0) is 16.4. The Labute approximate surface area is 135 Å². The predicted molar refractivity (Wildman–Crippen MR) is 88.0 cm³/mol. The SMILES string of the molecule is O=C1S/C(=C/c2ccc([N+](=O)[O-])cc2)C(=O)N1c1ccccc1. The van der Waals surface area contributed by atoms with Crippen LogP contribution in [0.25, 0.3) is 6.08 Å². The van der Waals surface area contributed by atoms with Crippen LogP contribution >= 0.6 is 11.8 Å². The normalized spacial score (nSPS) is 16.2. The van der Waals surface area contributed by atoms with E-state index in [0.29, 0.717) is 11.3 Å². The van der Waals surface area contributed by atoms with Gasteiger partial charge in [0.15, 0.2) is 0 Å². The number of thioether (sulfide) groups is 1. The van der Waals surface area contributed by atoms with Gasteiger partial charge in [-0.15, -0.1) is 0 Å². The number of amides is 2. The molecule has 0 aliphatic carbocycles. The third-order valence-electron chi connectivity index (χ3n) is 3.21. The number of imide groups is 1. The number of carbonyl (C=O) groups is 2. The molecule has 1 aliphatic rings. The van der Waals surface area contributed by atoms with E-state index in [1.807, 2.05) is 0 Å². The molecule has 0 unspecified atom stereocenters. The van der Waals surface area contributed by atoms with Gasteiger partial charge in [-0.2, -0.15) is 0 Å². The quantitative estimate of drug-likeness (QED) is 0.486. The molecule has 2 aromatic carbocycles. The molecule has 2 amide bonds. The number of hydrogen-bond acceptors (Lipinski definition) is 5. The van der Waals surface area contributed by atoms with E-state index in [1.54, 1.807) is 36.4 Å². The highest BCUT2D eigenvalue weighted by molar-refractivity contribution is 8.19. The van der Waals surface area contributed by atoms with Gasteiger partial charge in [0.05, 0.1) is 15.5 Å². The number of nitrogens with zero attached hydrogens (tertiary/aromatic N) is 2. The number of rotatable bonds is 3. The number of non-ortho nitro benzene ring substituents is 1. The van der Waals surface area contributed by atoms with Gasteiger partial charge in [0.1, 0.15) is 0 Å². The standard InChI is InChI=1S/C16H10N2O4S/c19-15-14(10-11-6-8-13(9-7-11)18(21)22)23-16(20)17(15)12-4-2-1-3-5-12/h1-10H/b14-10+. The summed E-state index contributed by atoms with van der Waals surface area (Å²) in [6.07, 6.45) is 1.55. The van der Waals surface area contributed by atoms with Crippen LogP contribution in [-0.2, 0) is 4.79 Å². The van der Waals surface area contributed by atoms with E-state index >= 15 is 0 Å². The van der Waals surface area contributed by atoms with E-state index in [4.69, 9.17) is 0 Å². The molecule has 1 saturated heterocycles. The summed E-state index contributed by atoms with van der Waals surface area (Å²) >= 11 is 0.847. The summed E-state index contributed by atoms with van der Waals surface area (Å²) in [5.41, 5.74) is 1.11. The minimum Gasteiger partial charge on any atom is -0.268 e. The molecular weight excluding hydrogens is 316 g/mol. The van der Waals surface area contributed by atoms with Gasteiger partial charge in [0, 0.05) is 12.1 Å². The predicted octanol–water partition coefficient (Wildman–Crippen LogP) is 3.84. The van der Waals surface area contributed by atoms with Gasteiger partial charge in [0.25, 0.3) is 16.8 Å². The molecule has 0 saturated carbocycles. The molecule has 0 atom stereocenters.